The highest BCUT2D eigenvalue weighted by Gasteiger charge is 2.13. The van der Waals surface area contributed by atoms with E-state index in [9.17, 15) is 4.79 Å². The second kappa shape index (κ2) is 8.05. The van der Waals surface area contributed by atoms with Crippen LogP contribution in [0.3, 0.4) is 0 Å². The van der Waals surface area contributed by atoms with Gasteiger partial charge in [0.15, 0.2) is 0 Å². The van der Waals surface area contributed by atoms with Gasteiger partial charge in [-0.2, -0.15) is 0 Å². The first-order chi connectivity index (χ1) is 6.61. The third kappa shape index (κ3) is 6.20. The van der Waals surface area contributed by atoms with Crippen molar-refractivity contribution >= 4 is 15.0 Å². The Morgan fingerprint density at radius 1 is 1.43 bits per heavy atom. The molecule has 0 aliphatic rings. The second-order valence-corrected chi connectivity index (χ2v) is 3.10. The molecule has 0 amide bonds. The summed E-state index contributed by atoms with van der Waals surface area (Å²) in [5, 5.41) is 25.6. The molecule has 0 spiro atoms. The molecule has 8 heteroatoms. The fourth-order valence-electron chi connectivity index (χ4n) is 0.404. The van der Waals surface area contributed by atoms with Crippen molar-refractivity contribution in [3.05, 3.63) is 0 Å². The number of nitrogens with two attached hydrogens (primary N) is 1. The van der Waals surface area contributed by atoms with Gasteiger partial charge in [-0.25, -0.2) is 0 Å². The molecular weight excluding hydrogens is 213 g/mol. The number of hydrogen-bond donors (Lipinski definition) is 4. The summed E-state index contributed by atoms with van der Waals surface area (Å²) in [6, 6.07) is -1.08. The van der Waals surface area contributed by atoms with Crippen LogP contribution in [-0.4, -0.2) is 53.3 Å². The lowest BCUT2D eigenvalue weighted by molar-refractivity contribution is -0.136. The lowest BCUT2D eigenvalue weighted by Gasteiger charge is -2.09. The zero-order chi connectivity index (χ0) is 11.0. The minimum atomic E-state index is -1.08. The second-order valence-electron chi connectivity index (χ2n) is 2.44. The van der Waals surface area contributed by atoms with Crippen molar-refractivity contribution in [1.82, 2.24) is 0 Å². The molecule has 0 aromatic carbocycles. The molecule has 7 nitrogen and oxygen atoms in total. The Morgan fingerprint density at radius 3 is 2.57 bits per heavy atom. The van der Waals surface area contributed by atoms with Gasteiger partial charge in [0.1, 0.15) is 12.1 Å². The number of hydrogen-bond acceptors (Lipinski definition) is 7. The summed E-state index contributed by atoms with van der Waals surface area (Å²) in [5.41, 5.74) is 5.12. The van der Waals surface area contributed by atoms with E-state index in [0.29, 0.717) is 0 Å². The molecule has 0 aliphatic carbocycles. The Balaban J connectivity index is 3.40. The van der Waals surface area contributed by atoms with E-state index in [0.717, 1.165) is 0 Å². The Bertz CT molecular complexity index is 168. The van der Waals surface area contributed by atoms with Crippen molar-refractivity contribution in [2.45, 2.75) is 12.1 Å². The summed E-state index contributed by atoms with van der Waals surface area (Å²) in [6.45, 7) is -1.05. The zero-order valence-electron chi connectivity index (χ0n) is 7.42. The van der Waals surface area contributed by atoms with E-state index in [-0.39, 0.29) is 6.61 Å². The van der Waals surface area contributed by atoms with Crippen LogP contribution in [0.25, 0.3) is 0 Å². The molecule has 0 saturated carbocycles. The van der Waals surface area contributed by atoms with Crippen molar-refractivity contribution in [2.24, 2.45) is 5.73 Å². The van der Waals surface area contributed by atoms with Gasteiger partial charge < -0.3 is 30.1 Å². The normalized spacial score (nSPS) is 15.7. The summed E-state index contributed by atoms with van der Waals surface area (Å²) in [5.74, 6) is -0.774. The third-order valence-electron chi connectivity index (χ3n) is 1.19. The fourth-order valence-corrected chi connectivity index (χ4v) is 0.957. The van der Waals surface area contributed by atoms with Crippen molar-refractivity contribution in [3.63, 3.8) is 0 Å². The maximum absolute atomic E-state index is 10.8. The van der Waals surface area contributed by atoms with Gasteiger partial charge in [-0.05, 0) is 0 Å². The van der Waals surface area contributed by atoms with Gasteiger partial charge in [0, 0.05) is 0 Å². The molecule has 0 aromatic rings. The van der Waals surface area contributed by atoms with Crippen LogP contribution in [0.1, 0.15) is 0 Å². The smallest absolute Gasteiger partial charge is 0.329 e. The lowest BCUT2D eigenvalue weighted by Crippen LogP contribution is -2.34. The highest BCUT2D eigenvalue weighted by molar-refractivity contribution is 7.27. The predicted molar refractivity (Wildman–Crippen MR) is 48.5 cm³/mol. The molecule has 0 rings (SSSR count). The van der Waals surface area contributed by atoms with E-state index >= 15 is 0 Å². The van der Waals surface area contributed by atoms with Gasteiger partial charge in [-0.3, -0.25) is 4.79 Å². The molecular formula is C6H14NO6P. The highest BCUT2D eigenvalue weighted by atomic mass is 31.1. The van der Waals surface area contributed by atoms with E-state index in [1.807, 2.05) is 0 Å². The SMILES string of the molecule is N[C@@H](CO)C(=O)OPOCC(O)CO. The van der Waals surface area contributed by atoms with Gasteiger partial charge >= 0.3 is 5.97 Å². The van der Waals surface area contributed by atoms with E-state index in [1.165, 1.54) is 0 Å². The fraction of sp³-hybridized carbons (Fsp3) is 0.833. The summed E-state index contributed by atoms with van der Waals surface area (Å²) in [7, 11) is -0.608. The average molecular weight is 227 g/mol. The molecule has 0 aliphatic heterocycles. The van der Waals surface area contributed by atoms with Crippen LogP contribution in [0.4, 0.5) is 0 Å². The van der Waals surface area contributed by atoms with Gasteiger partial charge in [-0.15, -0.1) is 0 Å². The van der Waals surface area contributed by atoms with Crippen molar-refractivity contribution < 1.29 is 29.2 Å². The van der Waals surface area contributed by atoms with Crippen molar-refractivity contribution in [2.75, 3.05) is 19.8 Å². The first kappa shape index (κ1) is 13.7. The Labute approximate surface area is 82.8 Å². The van der Waals surface area contributed by atoms with E-state index < -0.39 is 40.4 Å². The van der Waals surface area contributed by atoms with Gasteiger partial charge in [0.2, 0.25) is 9.03 Å². The van der Waals surface area contributed by atoms with Crippen molar-refractivity contribution in [3.8, 4) is 0 Å². The van der Waals surface area contributed by atoms with Crippen molar-refractivity contribution in [1.29, 1.82) is 0 Å². The Hall–Kier alpha value is -0.300. The minimum Gasteiger partial charge on any atom is -0.418 e. The monoisotopic (exact) mass is 227 g/mol. The number of aliphatic hydroxyl groups excluding tert-OH is 3. The molecule has 84 valence electrons. The van der Waals surface area contributed by atoms with Crippen LogP contribution < -0.4 is 5.73 Å². The molecule has 2 unspecified atom stereocenters. The van der Waals surface area contributed by atoms with Gasteiger partial charge in [0.05, 0.1) is 19.8 Å². The lowest BCUT2D eigenvalue weighted by atomic mass is 10.3. The minimum absolute atomic E-state index is 0.128. The standard InChI is InChI=1S/C6H14NO6P/c7-5(2-9)6(11)13-14-12-3-4(10)1-8/h4-5,8-10,14H,1-3,7H2/t4?,5-/m0/s1. The predicted octanol–water partition coefficient (Wildman–Crippen LogP) is -2.27. The number of aliphatic hydroxyl groups is 3. The molecule has 5 N–H and O–H groups in total. The number of carbonyl (C=O) groups excluding carboxylic acids is 1. The highest BCUT2D eigenvalue weighted by Crippen LogP contribution is 2.14. The summed E-state index contributed by atoms with van der Waals surface area (Å²) >= 11 is 0. The molecule has 3 atom stereocenters. The Morgan fingerprint density at radius 2 is 2.07 bits per heavy atom. The van der Waals surface area contributed by atoms with Crippen LogP contribution in [0, 0.1) is 0 Å². The van der Waals surface area contributed by atoms with Crippen LogP contribution in [0.15, 0.2) is 0 Å². The first-order valence-corrected chi connectivity index (χ1v) is 4.66. The van der Waals surface area contributed by atoms with E-state index in [2.05, 4.69) is 9.05 Å². The van der Waals surface area contributed by atoms with Gasteiger partial charge in [-0.1, -0.05) is 0 Å². The number of carbonyl (C=O) groups is 1. The van der Waals surface area contributed by atoms with Crippen LogP contribution in [0.5, 0.6) is 0 Å². The van der Waals surface area contributed by atoms with E-state index in [4.69, 9.17) is 21.1 Å². The molecule has 0 radical (unpaired) electrons. The first-order valence-electron chi connectivity index (χ1n) is 3.84. The average Bonchev–Trinajstić information content (AvgIpc) is 2.22. The summed E-state index contributed by atoms with van der Waals surface area (Å²) in [4.78, 5) is 10.8. The maximum Gasteiger partial charge on any atom is 0.329 e. The summed E-state index contributed by atoms with van der Waals surface area (Å²) in [6.07, 6.45) is -0.993. The molecule has 14 heavy (non-hydrogen) atoms. The molecule has 0 fully saturated rings. The van der Waals surface area contributed by atoms with Crippen LogP contribution >= 0.6 is 9.03 Å². The van der Waals surface area contributed by atoms with E-state index in [1.54, 1.807) is 0 Å². The summed E-state index contributed by atoms with van der Waals surface area (Å²) < 4.78 is 9.17. The third-order valence-corrected chi connectivity index (χ3v) is 1.76. The largest absolute Gasteiger partial charge is 0.418 e. The molecule has 0 saturated heterocycles. The van der Waals surface area contributed by atoms with Gasteiger partial charge in [0.25, 0.3) is 0 Å². The molecule has 0 bridgehead atoms. The quantitative estimate of drug-likeness (QED) is 0.285. The molecule has 0 aromatic heterocycles. The zero-order valence-corrected chi connectivity index (χ0v) is 8.42. The topological polar surface area (TPSA) is 122 Å². The maximum atomic E-state index is 10.8. The Kier molecular flexibility index (Phi) is 7.87. The van der Waals surface area contributed by atoms with Crippen LogP contribution in [0.2, 0.25) is 0 Å². The molecule has 0 heterocycles. The number of rotatable bonds is 7. The van der Waals surface area contributed by atoms with Crippen LogP contribution in [-0.2, 0) is 13.8 Å².